The van der Waals surface area contributed by atoms with E-state index in [9.17, 15) is 9.59 Å². The zero-order chi connectivity index (χ0) is 50.6. The molecule has 0 aromatic carbocycles. The minimum absolute atomic E-state index is 0.0807. The summed E-state index contributed by atoms with van der Waals surface area (Å²) < 4.78 is 17.5. The van der Waals surface area contributed by atoms with E-state index in [-0.39, 0.29) is 25.2 Å². The Hall–Kier alpha value is -1.88. The molecule has 0 bridgehead atoms. The Labute approximate surface area is 438 Å². The van der Waals surface area contributed by atoms with E-state index < -0.39 is 6.10 Å². The predicted octanol–water partition coefficient (Wildman–Crippen LogP) is 21.7. The van der Waals surface area contributed by atoms with E-state index >= 15 is 0 Å². The van der Waals surface area contributed by atoms with Gasteiger partial charge in [-0.3, -0.25) is 9.59 Å². The van der Waals surface area contributed by atoms with E-state index in [1.54, 1.807) is 0 Å². The molecule has 0 aliphatic carbocycles. The van der Waals surface area contributed by atoms with Gasteiger partial charge in [0, 0.05) is 19.4 Å². The maximum atomic E-state index is 12.9. The molecule has 0 aromatic heterocycles. The van der Waals surface area contributed by atoms with Gasteiger partial charge < -0.3 is 14.2 Å². The Morgan fingerprint density at radius 1 is 0.314 bits per heavy atom. The van der Waals surface area contributed by atoms with Crippen LogP contribution in [0.1, 0.15) is 342 Å². The zero-order valence-electron chi connectivity index (χ0n) is 47.6. The molecule has 0 saturated heterocycles. The smallest absolute Gasteiger partial charge is 0.306 e. The maximum absolute atomic E-state index is 12.9. The molecule has 0 aliphatic rings. The summed E-state index contributed by atoms with van der Waals surface area (Å²) in [7, 11) is 0. The molecule has 0 rings (SSSR count). The first kappa shape index (κ1) is 68.1. The number of ether oxygens (including phenoxy) is 3. The lowest BCUT2D eigenvalue weighted by atomic mass is 10.0. The average Bonchev–Trinajstić information content (AvgIpc) is 3.36. The summed E-state index contributed by atoms with van der Waals surface area (Å²) in [6.45, 7) is 7.86. The lowest BCUT2D eigenvalue weighted by Crippen LogP contribution is -2.30. The third kappa shape index (κ3) is 58.7. The number of carbonyl (C=O) groups is 2. The van der Waals surface area contributed by atoms with Gasteiger partial charge in [-0.15, -0.1) is 0 Å². The number of unbranched alkanes of at least 4 members (excludes halogenated alkanes) is 42. The largest absolute Gasteiger partial charge is 0.462 e. The molecule has 0 aliphatic heterocycles. The number of hydrogen-bond acceptors (Lipinski definition) is 5. The Bertz CT molecular complexity index is 1110. The maximum Gasteiger partial charge on any atom is 0.306 e. The van der Waals surface area contributed by atoms with Crippen LogP contribution in [0.5, 0.6) is 0 Å². The highest BCUT2D eigenvalue weighted by molar-refractivity contribution is 5.70. The first-order valence-corrected chi connectivity index (χ1v) is 31.5. The molecule has 0 radical (unpaired) electrons. The Kier molecular flexibility index (Phi) is 59.8. The molecule has 0 amide bonds. The quantitative estimate of drug-likeness (QED) is 0.0345. The highest BCUT2D eigenvalue weighted by atomic mass is 16.6. The van der Waals surface area contributed by atoms with Crippen LogP contribution >= 0.6 is 0 Å². The minimum atomic E-state index is -0.541. The van der Waals surface area contributed by atoms with Crippen LogP contribution in [-0.4, -0.2) is 37.9 Å². The first-order valence-electron chi connectivity index (χ1n) is 31.5. The van der Waals surface area contributed by atoms with E-state index in [1.165, 1.54) is 244 Å². The molecule has 0 fully saturated rings. The molecule has 0 N–H and O–H groups in total. The van der Waals surface area contributed by atoms with Crippen molar-refractivity contribution >= 4 is 11.9 Å². The van der Waals surface area contributed by atoms with Gasteiger partial charge in [0.15, 0.2) is 6.10 Å². The molecule has 70 heavy (non-hydrogen) atoms. The monoisotopic (exact) mass is 983 g/mol. The number of rotatable bonds is 59. The third-order valence-corrected chi connectivity index (χ3v) is 14.2. The van der Waals surface area contributed by atoms with Crippen molar-refractivity contribution in [1.29, 1.82) is 0 Å². The summed E-state index contributed by atoms with van der Waals surface area (Å²) in [4.78, 5) is 25.6. The second-order valence-corrected chi connectivity index (χ2v) is 21.3. The summed E-state index contributed by atoms with van der Waals surface area (Å²) >= 11 is 0. The highest BCUT2D eigenvalue weighted by Crippen LogP contribution is 2.17. The van der Waals surface area contributed by atoms with Gasteiger partial charge in [-0.1, -0.05) is 308 Å². The van der Waals surface area contributed by atoms with E-state index in [0.717, 1.165) is 64.2 Å². The SMILES string of the molecule is CCCCC/C=C\C/C=C\C/C=C\CCCCCCC(=O)OC[C@@H](COCCCCCCCCCCCCCCCCCC)OC(=O)CCCCCCCCCCCCCCCCCCCCCCC. The minimum Gasteiger partial charge on any atom is -0.462 e. The van der Waals surface area contributed by atoms with Gasteiger partial charge in [-0.05, 0) is 57.8 Å². The van der Waals surface area contributed by atoms with Crippen molar-refractivity contribution in [3.8, 4) is 0 Å². The fraction of sp³-hybridized carbons (Fsp3) is 0.877. The summed E-state index contributed by atoms with van der Waals surface area (Å²) in [5.41, 5.74) is 0. The summed E-state index contributed by atoms with van der Waals surface area (Å²) in [5, 5.41) is 0. The summed E-state index contributed by atoms with van der Waals surface area (Å²) in [6.07, 6.45) is 76.1. The second-order valence-electron chi connectivity index (χ2n) is 21.3. The van der Waals surface area contributed by atoms with Gasteiger partial charge in [-0.25, -0.2) is 0 Å². The molecule has 0 unspecified atom stereocenters. The van der Waals surface area contributed by atoms with Gasteiger partial charge in [0.1, 0.15) is 6.61 Å². The molecular formula is C65H122O5. The summed E-state index contributed by atoms with van der Waals surface area (Å²) in [6, 6.07) is 0. The van der Waals surface area contributed by atoms with Crippen LogP contribution in [0.3, 0.4) is 0 Å². The van der Waals surface area contributed by atoms with Crippen molar-refractivity contribution in [2.75, 3.05) is 19.8 Å². The van der Waals surface area contributed by atoms with Crippen LogP contribution in [0.15, 0.2) is 36.5 Å². The second kappa shape index (κ2) is 61.4. The van der Waals surface area contributed by atoms with E-state index in [2.05, 4.69) is 57.2 Å². The van der Waals surface area contributed by atoms with Crippen molar-refractivity contribution in [2.45, 2.75) is 348 Å². The van der Waals surface area contributed by atoms with Gasteiger partial charge >= 0.3 is 11.9 Å². The summed E-state index contributed by atoms with van der Waals surface area (Å²) in [5.74, 6) is -0.397. The molecule has 1 atom stereocenters. The fourth-order valence-corrected chi connectivity index (χ4v) is 9.46. The van der Waals surface area contributed by atoms with E-state index in [4.69, 9.17) is 14.2 Å². The van der Waals surface area contributed by atoms with Gasteiger partial charge in [0.05, 0.1) is 6.61 Å². The molecular weight excluding hydrogens is 861 g/mol. The molecule has 0 spiro atoms. The van der Waals surface area contributed by atoms with Crippen molar-refractivity contribution in [3.63, 3.8) is 0 Å². The van der Waals surface area contributed by atoms with E-state index in [1.807, 2.05) is 0 Å². The van der Waals surface area contributed by atoms with Gasteiger partial charge in [-0.2, -0.15) is 0 Å². The van der Waals surface area contributed by atoms with Crippen molar-refractivity contribution in [3.05, 3.63) is 36.5 Å². The molecule has 0 saturated carbocycles. The van der Waals surface area contributed by atoms with Crippen LogP contribution in [0, 0.1) is 0 Å². The van der Waals surface area contributed by atoms with Crippen LogP contribution in [-0.2, 0) is 23.8 Å². The molecule has 5 heteroatoms. The molecule has 412 valence electrons. The lowest BCUT2D eigenvalue weighted by Gasteiger charge is -2.18. The Morgan fingerprint density at radius 3 is 0.986 bits per heavy atom. The van der Waals surface area contributed by atoms with Gasteiger partial charge in [0.2, 0.25) is 0 Å². The van der Waals surface area contributed by atoms with Crippen molar-refractivity contribution < 1.29 is 23.8 Å². The standard InChI is InChI=1S/C65H122O5/c1-4-7-10-13-16-19-22-25-28-31-32-33-34-36-38-41-44-47-50-53-56-59-65(67)70-63(61-68-60-57-54-51-48-45-42-39-30-27-24-21-18-15-12-9-6-3)62-69-64(66)58-55-52-49-46-43-40-37-35-29-26-23-20-17-14-11-8-5-2/h17,20,26,29,37,40,63H,4-16,18-19,21-25,27-28,30-36,38-39,41-62H2,1-3H3/b20-17-,29-26-,40-37-/t63-/m1/s1. The van der Waals surface area contributed by atoms with Crippen LogP contribution < -0.4 is 0 Å². The van der Waals surface area contributed by atoms with Crippen LogP contribution in [0.4, 0.5) is 0 Å². The molecule has 5 nitrogen and oxygen atoms in total. The molecule has 0 aromatic rings. The lowest BCUT2D eigenvalue weighted by molar-refractivity contribution is -0.163. The first-order chi connectivity index (χ1) is 34.6. The number of hydrogen-bond donors (Lipinski definition) is 0. The number of allylic oxidation sites excluding steroid dienone is 6. The van der Waals surface area contributed by atoms with Crippen molar-refractivity contribution in [2.24, 2.45) is 0 Å². The highest BCUT2D eigenvalue weighted by Gasteiger charge is 2.18. The topological polar surface area (TPSA) is 61.8 Å². The zero-order valence-corrected chi connectivity index (χ0v) is 47.6. The predicted molar refractivity (Wildman–Crippen MR) is 307 cm³/mol. The normalized spacial score (nSPS) is 12.3. The Balaban J connectivity index is 4.24. The fourth-order valence-electron chi connectivity index (χ4n) is 9.46. The average molecular weight is 984 g/mol. The number of carbonyl (C=O) groups excluding carboxylic acids is 2. The van der Waals surface area contributed by atoms with Crippen molar-refractivity contribution in [1.82, 2.24) is 0 Å². The van der Waals surface area contributed by atoms with Gasteiger partial charge in [0.25, 0.3) is 0 Å². The van der Waals surface area contributed by atoms with Crippen LogP contribution in [0.2, 0.25) is 0 Å². The molecule has 0 heterocycles. The Morgan fingerprint density at radius 2 is 0.600 bits per heavy atom. The van der Waals surface area contributed by atoms with E-state index in [0.29, 0.717) is 19.4 Å². The number of esters is 2. The third-order valence-electron chi connectivity index (χ3n) is 14.2. The van der Waals surface area contributed by atoms with Crippen LogP contribution in [0.25, 0.3) is 0 Å².